The molecule has 1 aromatic carbocycles. The predicted molar refractivity (Wildman–Crippen MR) is 68.6 cm³/mol. The Bertz CT molecular complexity index is 353. The summed E-state index contributed by atoms with van der Waals surface area (Å²) < 4.78 is 10.6. The third-order valence-electron chi connectivity index (χ3n) is 2.22. The van der Waals surface area contributed by atoms with Crippen molar-refractivity contribution >= 4 is 12.4 Å². The first-order chi connectivity index (χ1) is 7.26. The molecule has 0 aromatic heterocycles. The monoisotopic (exact) mass is 243 g/mol. The molecule has 0 heterocycles. The van der Waals surface area contributed by atoms with Crippen LogP contribution in [-0.4, -0.2) is 14.2 Å². The van der Waals surface area contributed by atoms with Crippen molar-refractivity contribution in [2.24, 2.45) is 5.73 Å². The van der Waals surface area contributed by atoms with E-state index < -0.39 is 0 Å². The maximum atomic E-state index is 5.61. The summed E-state index contributed by atoms with van der Waals surface area (Å²) in [6, 6.07) is 3.91. The summed E-state index contributed by atoms with van der Waals surface area (Å²) in [5.74, 6) is 1.48. The Morgan fingerprint density at radius 1 is 1.31 bits per heavy atom. The minimum atomic E-state index is 0. The third-order valence-corrected chi connectivity index (χ3v) is 2.22. The molecule has 1 aromatic rings. The fourth-order valence-electron chi connectivity index (χ4n) is 1.53. The molecule has 0 aliphatic carbocycles. The molecular formula is C12H18ClNO2. The van der Waals surface area contributed by atoms with E-state index in [4.69, 9.17) is 15.2 Å². The molecule has 16 heavy (non-hydrogen) atoms. The largest absolute Gasteiger partial charge is 0.493 e. The van der Waals surface area contributed by atoms with Gasteiger partial charge in [-0.05, 0) is 18.1 Å². The second-order valence-electron chi connectivity index (χ2n) is 3.19. The number of rotatable bonds is 5. The SMILES string of the molecule is C=CCc1cc(CN)cc(OC)c1OC.Cl. The molecule has 4 heteroatoms. The van der Waals surface area contributed by atoms with Gasteiger partial charge in [0.15, 0.2) is 11.5 Å². The molecule has 0 aliphatic rings. The fourth-order valence-corrected chi connectivity index (χ4v) is 1.53. The number of benzene rings is 1. The van der Waals surface area contributed by atoms with E-state index in [0.717, 1.165) is 29.0 Å². The molecule has 0 spiro atoms. The van der Waals surface area contributed by atoms with Crippen LogP contribution in [0.1, 0.15) is 11.1 Å². The van der Waals surface area contributed by atoms with Gasteiger partial charge in [0.2, 0.25) is 0 Å². The predicted octanol–water partition coefficient (Wildman–Crippen LogP) is 2.31. The Labute approximate surface area is 103 Å². The lowest BCUT2D eigenvalue weighted by atomic mass is 10.1. The third kappa shape index (κ3) is 3.15. The quantitative estimate of drug-likeness (QED) is 0.808. The van der Waals surface area contributed by atoms with Crippen LogP contribution in [0.2, 0.25) is 0 Å². The topological polar surface area (TPSA) is 44.5 Å². The number of allylic oxidation sites excluding steroid dienone is 1. The number of hydrogen-bond donors (Lipinski definition) is 1. The van der Waals surface area contributed by atoms with Crippen LogP contribution in [0.25, 0.3) is 0 Å². The van der Waals surface area contributed by atoms with Gasteiger partial charge in [-0.15, -0.1) is 19.0 Å². The Morgan fingerprint density at radius 3 is 2.44 bits per heavy atom. The first-order valence-corrected chi connectivity index (χ1v) is 4.81. The van der Waals surface area contributed by atoms with Gasteiger partial charge in [0.1, 0.15) is 0 Å². The number of halogens is 1. The molecule has 0 aliphatic heterocycles. The summed E-state index contributed by atoms with van der Waals surface area (Å²) in [5.41, 5.74) is 7.69. The molecular weight excluding hydrogens is 226 g/mol. The van der Waals surface area contributed by atoms with Crippen molar-refractivity contribution in [3.8, 4) is 11.5 Å². The van der Waals surface area contributed by atoms with Crippen molar-refractivity contribution in [1.82, 2.24) is 0 Å². The van der Waals surface area contributed by atoms with Crippen LogP contribution >= 0.6 is 12.4 Å². The Morgan fingerprint density at radius 2 is 2.00 bits per heavy atom. The minimum absolute atomic E-state index is 0. The lowest BCUT2D eigenvalue weighted by Crippen LogP contribution is -2.01. The van der Waals surface area contributed by atoms with E-state index >= 15 is 0 Å². The maximum Gasteiger partial charge on any atom is 0.164 e. The lowest BCUT2D eigenvalue weighted by molar-refractivity contribution is 0.352. The highest BCUT2D eigenvalue weighted by Gasteiger charge is 2.10. The first-order valence-electron chi connectivity index (χ1n) is 4.81. The van der Waals surface area contributed by atoms with E-state index in [9.17, 15) is 0 Å². The van der Waals surface area contributed by atoms with Crippen LogP contribution in [0, 0.1) is 0 Å². The first kappa shape index (κ1) is 14.8. The number of methoxy groups -OCH3 is 2. The van der Waals surface area contributed by atoms with E-state index in [-0.39, 0.29) is 12.4 Å². The van der Waals surface area contributed by atoms with Crippen molar-refractivity contribution in [2.75, 3.05) is 14.2 Å². The summed E-state index contributed by atoms with van der Waals surface area (Å²) in [7, 11) is 3.25. The molecule has 0 radical (unpaired) electrons. The summed E-state index contributed by atoms with van der Waals surface area (Å²) >= 11 is 0. The van der Waals surface area contributed by atoms with Gasteiger partial charge < -0.3 is 15.2 Å². The van der Waals surface area contributed by atoms with Gasteiger partial charge in [0, 0.05) is 12.1 Å². The zero-order chi connectivity index (χ0) is 11.3. The van der Waals surface area contributed by atoms with E-state index in [1.807, 2.05) is 18.2 Å². The van der Waals surface area contributed by atoms with Gasteiger partial charge >= 0.3 is 0 Å². The normalized spacial score (nSPS) is 9.19. The van der Waals surface area contributed by atoms with Gasteiger partial charge in [0.05, 0.1) is 14.2 Å². The van der Waals surface area contributed by atoms with E-state index in [2.05, 4.69) is 6.58 Å². The van der Waals surface area contributed by atoms with Gasteiger partial charge in [-0.3, -0.25) is 0 Å². The smallest absolute Gasteiger partial charge is 0.164 e. The molecule has 3 nitrogen and oxygen atoms in total. The summed E-state index contributed by atoms with van der Waals surface area (Å²) in [6.45, 7) is 4.21. The zero-order valence-electron chi connectivity index (χ0n) is 9.66. The molecule has 2 N–H and O–H groups in total. The van der Waals surface area contributed by atoms with Crippen molar-refractivity contribution in [2.45, 2.75) is 13.0 Å². The fraction of sp³-hybridized carbons (Fsp3) is 0.333. The van der Waals surface area contributed by atoms with Crippen molar-refractivity contribution in [3.05, 3.63) is 35.9 Å². The lowest BCUT2D eigenvalue weighted by Gasteiger charge is -2.13. The van der Waals surface area contributed by atoms with Crippen LogP contribution in [-0.2, 0) is 13.0 Å². The standard InChI is InChI=1S/C12H17NO2.ClH/c1-4-5-10-6-9(8-13)7-11(14-2)12(10)15-3;/h4,6-7H,1,5,8,13H2,2-3H3;1H. The highest BCUT2D eigenvalue weighted by atomic mass is 35.5. The van der Waals surface area contributed by atoms with E-state index in [1.54, 1.807) is 14.2 Å². The molecule has 0 atom stereocenters. The molecule has 0 saturated heterocycles. The number of nitrogens with two attached hydrogens (primary N) is 1. The minimum Gasteiger partial charge on any atom is -0.493 e. The van der Waals surface area contributed by atoms with Gasteiger partial charge in [-0.1, -0.05) is 12.1 Å². The van der Waals surface area contributed by atoms with Crippen LogP contribution in [0.15, 0.2) is 24.8 Å². The van der Waals surface area contributed by atoms with E-state index in [1.165, 1.54) is 0 Å². The summed E-state index contributed by atoms with van der Waals surface area (Å²) in [5, 5.41) is 0. The highest BCUT2D eigenvalue weighted by molar-refractivity contribution is 5.85. The molecule has 0 bridgehead atoms. The van der Waals surface area contributed by atoms with Crippen molar-refractivity contribution in [3.63, 3.8) is 0 Å². The molecule has 0 saturated carbocycles. The van der Waals surface area contributed by atoms with Gasteiger partial charge in [0.25, 0.3) is 0 Å². The molecule has 0 unspecified atom stereocenters. The summed E-state index contributed by atoms with van der Waals surface area (Å²) in [6.07, 6.45) is 2.57. The number of ether oxygens (including phenoxy) is 2. The van der Waals surface area contributed by atoms with Crippen LogP contribution < -0.4 is 15.2 Å². The van der Waals surface area contributed by atoms with Crippen molar-refractivity contribution in [1.29, 1.82) is 0 Å². The molecule has 0 amide bonds. The highest BCUT2D eigenvalue weighted by Crippen LogP contribution is 2.32. The second-order valence-corrected chi connectivity index (χ2v) is 3.19. The second kappa shape index (κ2) is 7.14. The Kier molecular flexibility index (Phi) is 6.61. The van der Waals surface area contributed by atoms with Crippen LogP contribution in [0.5, 0.6) is 11.5 Å². The summed E-state index contributed by atoms with van der Waals surface area (Å²) in [4.78, 5) is 0. The average molecular weight is 244 g/mol. The Hall–Kier alpha value is -1.19. The van der Waals surface area contributed by atoms with E-state index in [0.29, 0.717) is 6.54 Å². The van der Waals surface area contributed by atoms with Crippen molar-refractivity contribution < 1.29 is 9.47 Å². The average Bonchev–Trinajstić information content (AvgIpc) is 2.28. The number of hydrogen-bond acceptors (Lipinski definition) is 3. The maximum absolute atomic E-state index is 5.61. The van der Waals surface area contributed by atoms with Gasteiger partial charge in [-0.25, -0.2) is 0 Å². The molecule has 0 fully saturated rings. The molecule has 1 rings (SSSR count). The molecule has 90 valence electrons. The van der Waals surface area contributed by atoms with Gasteiger partial charge in [-0.2, -0.15) is 0 Å². The van der Waals surface area contributed by atoms with Crippen LogP contribution in [0.4, 0.5) is 0 Å². The Balaban J connectivity index is 0.00000225. The zero-order valence-corrected chi connectivity index (χ0v) is 10.5. The van der Waals surface area contributed by atoms with Crippen LogP contribution in [0.3, 0.4) is 0 Å².